The van der Waals surface area contributed by atoms with Crippen molar-refractivity contribution in [2.24, 2.45) is 0 Å². The Morgan fingerprint density at radius 2 is 2.14 bits per heavy atom. The summed E-state index contributed by atoms with van der Waals surface area (Å²) in [6.45, 7) is 2.22. The van der Waals surface area contributed by atoms with E-state index in [9.17, 15) is 4.39 Å². The summed E-state index contributed by atoms with van der Waals surface area (Å²) in [5.41, 5.74) is 2.08. The van der Waals surface area contributed by atoms with Crippen molar-refractivity contribution in [3.05, 3.63) is 59.2 Å². The van der Waals surface area contributed by atoms with Crippen molar-refractivity contribution in [3.63, 3.8) is 0 Å². The number of ether oxygens (including phenoxy) is 1. The molecule has 0 atom stereocenters. The molecule has 0 saturated heterocycles. The third-order valence-electron chi connectivity index (χ3n) is 2.72. The van der Waals surface area contributed by atoms with Crippen LogP contribution in [0.2, 0.25) is 0 Å². The van der Waals surface area contributed by atoms with E-state index in [4.69, 9.17) is 16.3 Å². The van der Waals surface area contributed by atoms with E-state index in [1.807, 2.05) is 25.1 Å². The summed E-state index contributed by atoms with van der Waals surface area (Å²) in [6, 6.07) is 10.3. The minimum atomic E-state index is -0.397. The molecule has 2 rings (SSSR count). The van der Waals surface area contributed by atoms with Gasteiger partial charge < -0.3 is 4.74 Å². The third kappa shape index (κ3) is 4.77. The number of nitrogens with zero attached hydrogens (tertiary/aromatic N) is 1. The molecule has 0 bridgehead atoms. The predicted octanol–water partition coefficient (Wildman–Crippen LogP) is 4.09. The minimum Gasteiger partial charge on any atom is -0.487 e. The summed E-state index contributed by atoms with van der Waals surface area (Å²) in [4.78, 5) is 4.32. The molecule has 0 N–H and O–H groups in total. The van der Waals surface area contributed by atoms with Crippen molar-refractivity contribution >= 4 is 11.6 Å². The van der Waals surface area contributed by atoms with Crippen molar-refractivity contribution in [1.82, 2.24) is 4.98 Å². The quantitative estimate of drug-likeness (QED) is 0.627. The minimum absolute atomic E-state index is 0.304. The van der Waals surface area contributed by atoms with Crippen molar-refractivity contribution in [2.45, 2.75) is 20.0 Å². The number of aryl methyl sites for hydroxylation is 1. The molecule has 0 aliphatic carbocycles. The van der Waals surface area contributed by atoms with Gasteiger partial charge in [-0.15, -0.1) is 11.6 Å². The molecule has 1 aromatic heterocycles. The van der Waals surface area contributed by atoms with Crippen LogP contribution in [0.3, 0.4) is 0 Å². The van der Waals surface area contributed by atoms with Crippen LogP contribution in [0.4, 0.5) is 4.39 Å². The molecule has 108 valence electrons. The fraction of sp³-hybridized carbons (Fsp3) is 0.235. The number of halogens is 2. The van der Waals surface area contributed by atoms with Crippen molar-refractivity contribution in [1.29, 1.82) is 0 Å². The van der Waals surface area contributed by atoms with Crippen molar-refractivity contribution in [2.75, 3.05) is 5.88 Å². The number of benzene rings is 1. The van der Waals surface area contributed by atoms with Crippen LogP contribution in [0.15, 0.2) is 36.4 Å². The lowest BCUT2D eigenvalue weighted by Crippen LogP contribution is -1.99. The number of hydrogen-bond acceptors (Lipinski definition) is 2. The lowest BCUT2D eigenvalue weighted by Gasteiger charge is -2.07. The van der Waals surface area contributed by atoms with E-state index in [-0.39, 0.29) is 0 Å². The third-order valence-corrected chi connectivity index (χ3v) is 2.90. The zero-order chi connectivity index (χ0) is 15.1. The monoisotopic (exact) mass is 303 g/mol. The van der Waals surface area contributed by atoms with E-state index in [0.29, 0.717) is 30.2 Å². The molecule has 2 nitrogen and oxygen atoms in total. The van der Waals surface area contributed by atoms with Gasteiger partial charge in [0.1, 0.15) is 18.2 Å². The van der Waals surface area contributed by atoms with Crippen LogP contribution in [0.1, 0.15) is 23.4 Å². The zero-order valence-corrected chi connectivity index (χ0v) is 12.5. The number of pyridine rings is 1. The van der Waals surface area contributed by atoms with Gasteiger partial charge in [0.05, 0.1) is 11.3 Å². The highest BCUT2D eigenvalue weighted by Crippen LogP contribution is 2.17. The van der Waals surface area contributed by atoms with Gasteiger partial charge in [-0.3, -0.25) is 4.98 Å². The molecule has 0 radical (unpaired) electrons. The topological polar surface area (TPSA) is 22.1 Å². The molecular weight excluding hydrogens is 289 g/mol. The molecule has 0 saturated carbocycles. The van der Waals surface area contributed by atoms with Gasteiger partial charge in [-0.1, -0.05) is 17.9 Å². The second-order valence-electron chi connectivity index (χ2n) is 4.44. The van der Waals surface area contributed by atoms with Crippen LogP contribution in [-0.4, -0.2) is 10.9 Å². The van der Waals surface area contributed by atoms with Crippen LogP contribution in [0.5, 0.6) is 5.75 Å². The average molecular weight is 304 g/mol. The Kier molecular flexibility index (Phi) is 5.59. The second-order valence-corrected chi connectivity index (χ2v) is 4.82. The maximum absolute atomic E-state index is 13.8. The van der Waals surface area contributed by atoms with Gasteiger partial charge in [-0.25, -0.2) is 4.39 Å². The zero-order valence-electron chi connectivity index (χ0n) is 11.7. The summed E-state index contributed by atoms with van der Waals surface area (Å²) in [6.07, 6.45) is 0.540. The van der Waals surface area contributed by atoms with Gasteiger partial charge in [0.2, 0.25) is 0 Å². The van der Waals surface area contributed by atoms with Gasteiger partial charge in [0, 0.05) is 24.1 Å². The van der Waals surface area contributed by atoms with E-state index in [1.54, 1.807) is 12.1 Å². The number of rotatable bonds is 4. The molecule has 0 amide bonds. The molecular formula is C17H15ClFNO. The first-order chi connectivity index (χ1) is 10.2. The molecule has 0 aliphatic heterocycles. The maximum Gasteiger partial charge on any atom is 0.142 e. The SMILES string of the molecule is Cc1cccc(COc2ccc(C#CCCCl)c(F)c2)n1. The van der Waals surface area contributed by atoms with E-state index in [0.717, 1.165) is 11.4 Å². The van der Waals surface area contributed by atoms with Gasteiger partial charge in [0.15, 0.2) is 0 Å². The highest BCUT2D eigenvalue weighted by Gasteiger charge is 2.03. The van der Waals surface area contributed by atoms with E-state index in [2.05, 4.69) is 16.8 Å². The molecule has 1 heterocycles. The van der Waals surface area contributed by atoms with Crippen LogP contribution in [0, 0.1) is 24.6 Å². The standard InChI is InChI=1S/C17H15ClFNO/c1-13-5-4-7-15(20-13)12-21-16-9-8-14(17(19)11-16)6-2-3-10-18/h4-5,7-9,11H,3,10,12H2,1H3. The molecule has 21 heavy (non-hydrogen) atoms. The predicted molar refractivity (Wildman–Crippen MR) is 81.9 cm³/mol. The first-order valence-corrected chi connectivity index (χ1v) is 7.12. The van der Waals surface area contributed by atoms with Crippen molar-refractivity contribution in [3.8, 4) is 17.6 Å². The van der Waals surface area contributed by atoms with Gasteiger partial charge in [0.25, 0.3) is 0 Å². The summed E-state index contributed by atoms with van der Waals surface area (Å²) in [5.74, 6) is 6.05. The number of alkyl halides is 1. The van der Waals surface area contributed by atoms with Gasteiger partial charge >= 0.3 is 0 Å². The normalized spacial score (nSPS) is 9.86. The Labute approximate surface area is 128 Å². The Morgan fingerprint density at radius 1 is 1.29 bits per heavy atom. The van der Waals surface area contributed by atoms with E-state index < -0.39 is 5.82 Å². The van der Waals surface area contributed by atoms with Gasteiger partial charge in [-0.05, 0) is 31.2 Å². The average Bonchev–Trinajstić information content (AvgIpc) is 2.47. The summed E-state index contributed by atoms with van der Waals surface area (Å²) in [7, 11) is 0. The second kappa shape index (κ2) is 7.66. The number of aromatic nitrogens is 1. The van der Waals surface area contributed by atoms with Crippen molar-refractivity contribution < 1.29 is 9.13 Å². The lowest BCUT2D eigenvalue weighted by molar-refractivity contribution is 0.299. The molecule has 1 aromatic carbocycles. The largest absolute Gasteiger partial charge is 0.487 e. The van der Waals surface area contributed by atoms with E-state index in [1.165, 1.54) is 6.07 Å². The summed E-state index contributed by atoms with van der Waals surface area (Å²) in [5, 5.41) is 0. The molecule has 4 heteroatoms. The molecule has 2 aromatic rings. The Balaban J connectivity index is 2.02. The Bertz CT molecular complexity index is 676. The van der Waals surface area contributed by atoms with E-state index >= 15 is 0 Å². The molecule has 0 unspecified atom stereocenters. The van der Waals surface area contributed by atoms with Crippen LogP contribution in [0.25, 0.3) is 0 Å². The van der Waals surface area contributed by atoms with Crippen LogP contribution in [-0.2, 0) is 6.61 Å². The Hall–Kier alpha value is -2.05. The first-order valence-electron chi connectivity index (χ1n) is 6.59. The fourth-order valence-electron chi connectivity index (χ4n) is 1.73. The number of hydrogen-bond donors (Lipinski definition) is 0. The summed E-state index contributed by atoms with van der Waals surface area (Å²) < 4.78 is 19.4. The first kappa shape index (κ1) is 15.3. The van der Waals surface area contributed by atoms with Crippen LogP contribution < -0.4 is 4.74 Å². The lowest BCUT2D eigenvalue weighted by atomic mass is 10.2. The molecule has 0 fully saturated rings. The fourth-order valence-corrected chi connectivity index (χ4v) is 1.82. The highest BCUT2D eigenvalue weighted by molar-refractivity contribution is 6.18. The van der Waals surface area contributed by atoms with Crippen LogP contribution >= 0.6 is 11.6 Å². The smallest absolute Gasteiger partial charge is 0.142 e. The molecule has 0 aliphatic rings. The van der Waals surface area contributed by atoms with Gasteiger partial charge in [-0.2, -0.15) is 0 Å². The maximum atomic E-state index is 13.8. The summed E-state index contributed by atoms with van der Waals surface area (Å²) >= 11 is 5.52. The highest BCUT2D eigenvalue weighted by atomic mass is 35.5. The molecule has 0 spiro atoms. The Morgan fingerprint density at radius 3 is 2.86 bits per heavy atom.